The van der Waals surface area contributed by atoms with Crippen molar-refractivity contribution in [1.29, 1.82) is 0 Å². The minimum absolute atomic E-state index is 0.0226. The van der Waals surface area contributed by atoms with Crippen molar-refractivity contribution in [3.63, 3.8) is 0 Å². The van der Waals surface area contributed by atoms with Crippen LogP contribution < -0.4 is 4.72 Å². The second kappa shape index (κ2) is 8.44. The Kier molecular flexibility index (Phi) is 5.97. The molecular formula is C20H22N4O4S. The molecule has 3 rings (SSSR count). The van der Waals surface area contributed by atoms with E-state index in [9.17, 15) is 13.2 Å². The van der Waals surface area contributed by atoms with Crippen molar-refractivity contribution in [3.8, 4) is 11.4 Å². The number of hydrogen-bond donors (Lipinski definition) is 1. The van der Waals surface area contributed by atoms with E-state index in [0.29, 0.717) is 23.0 Å². The molecule has 0 fully saturated rings. The lowest BCUT2D eigenvalue weighted by atomic mass is 10.1. The molecule has 0 saturated heterocycles. The number of rotatable bonds is 7. The van der Waals surface area contributed by atoms with E-state index in [2.05, 4.69) is 14.9 Å². The zero-order valence-electron chi connectivity index (χ0n) is 16.4. The number of aryl methyl sites for hydroxylation is 1. The van der Waals surface area contributed by atoms with Crippen LogP contribution in [-0.2, 0) is 16.6 Å². The third-order valence-corrected chi connectivity index (χ3v) is 5.59. The van der Waals surface area contributed by atoms with Crippen LogP contribution in [0.25, 0.3) is 11.4 Å². The van der Waals surface area contributed by atoms with Crippen LogP contribution in [-0.4, -0.2) is 42.2 Å². The average Bonchev–Trinajstić information content (AvgIpc) is 3.16. The molecule has 0 saturated carbocycles. The van der Waals surface area contributed by atoms with Crippen LogP contribution >= 0.6 is 0 Å². The first-order chi connectivity index (χ1) is 13.8. The molecule has 0 spiro atoms. The van der Waals surface area contributed by atoms with E-state index in [1.807, 2.05) is 31.2 Å². The van der Waals surface area contributed by atoms with Gasteiger partial charge >= 0.3 is 0 Å². The van der Waals surface area contributed by atoms with E-state index in [1.165, 1.54) is 4.90 Å². The van der Waals surface area contributed by atoms with Gasteiger partial charge in [-0.2, -0.15) is 4.98 Å². The largest absolute Gasteiger partial charge is 0.337 e. The van der Waals surface area contributed by atoms with E-state index in [4.69, 9.17) is 4.52 Å². The van der Waals surface area contributed by atoms with Gasteiger partial charge in [0.15, 0.2) is 0 Å². The minimum Gasteiger partial charge on any atom is -0.337 e. The lowest BCUT2D eigenvalue weighted by Crippen LogP contribution is -2.26. The predicted molar refractivity (Wildman–Crippen MR) is 110 cm³/mol. The lowest BCUT2D eigenvalue weighted by molar-refractivity contribution is 0.0769. The summed E-state index contributed by atoms with van der Waals surface area (Å²) >= 11 is 0. The Morgan fingerprint density at radius 1 is 1.10 bits per heavy atom. The van der Waals surface area contributed by atoms with Gasteiger partial charge in [0.25, 0.3) is 5.91 Å². The van der Waals surface area contributed by atoms with Gasteiger partial charge in [-0.3, -0.25) is 9.52 Å². The Balaban J connectivity index is 1.65. The summed E-state index contributed by atoms with van der Waals surface area (Å²) in [5.41, 5.74) is 2.80. The van der Waals surface area contributed by atoms with Crippen molar-refractivity contribution in [2.24, 2.45) is 0 Å². The van der Waals surface area contributed by atoms with Crippen LogP contribution in [0.4, 0.5) is 5.69 Å². The Hall–Kier alpha value is -3.20. The van der Waals surface area contributed by atoms with Crippen LogP contribution in [0.3, 0.4) is 0 Å². The van der Waals surface area contributed by atoms with Crippen molar-refractivity contribution in [3.05, 3.63) is 65.5 Å². The van der Waals surface area contributed by atoms with Gasteiger partial charge in [0.05, 0.1) is 12.3 Å². The Morgan fingerprint density at radius 2 is 1.76 bits per heavy atom. The number of hydrogen-bond acceptors (Lipinski definition) is 6. The summed E-state index contributed by atoms with van der Waals surface area (Å²) in [6.45, 7) is 3.70. The molecule has 9 heteroatoms. The van der Waals surface area contributed by atoms with Gasteiger partial charge in [-0.25, -0.2) is 8.42 Å². The van der Waals surface area contributed by atoms with Crippen LogP contribution in [0.15, 0.2) is 53.1 Å². The number of nitrogens with one attached hydrogen (secondary N) is 1. The molecule has 1 amide bonds. The van der Waals surface area contributed by atoms with Crippen molar-refractivity contribution in [2.45, 2.75) is 20.4 Å². The highest BCUT2D eigenvalue weighted by atomic mass is 32.2. The molecule has 152 valence electrons. The molecule has 0 atom stereocenters. The molecule has 0 bridgehead atoms. The Morgan fingerprint density at radius 3 is 2.38 bits per heavy atom. The first kappa shape index (κ1) is 20.5. The van der Waals surface area contributed by atoms with E-state index >= 15 is 0 Å². The summed E-state index contributed by atoms with van der Waals surface area (Å²) in [7, 11) is -1.73. The van der Waals surface area contributed by atoms with Gasteiger partial charge < -0.3 is 9.42 Å². The number of sulfonamides is 1. The number of amides is 1. The molecule has 0 unspecified atom stereocenters. The normalized spacial score (nSPS) is 11.3. The third kappa shape index (κ3) is 5.20. The summed E-state index contributed by atoms with van der Waals surface area (Å²) in [5.74, 6) is 0.521. The minimum atomic E-state index is -3.36. The fourth-order valence-corrected chi connectivity index (χ4v) is 3.21. The van der Waals surface area contributed by atoms with E-state index in [1.54, 1.807) is 38.2 Å². The predicted octanol–water partition coefficient (Wildman–Crippen LogP) is 3.08. The number of nitrogens with zero attached hydrogens (tertiary/aromatic N) is 3. The molecule has 8 nitrogen and oxygen atoms in total. The zero-order valence-corrected chi connectivity index (χ0v) is 17.2. The lowest BCUT2D eigenvalue weighted by Gasteiger charge is -2.15. The number of aromatic nitrogens is 2. The Bertz CT molecular complexity index is 1090. The molecule has 0 aliphatic carbocycles. The fraction of sp³-hybridized carbons (Fsp3) is 0.250. The molecule has 29 heavy (non-hydrogen) atoms. The Labute approximate surface area is 169 Å². The zero-order chi connectivity index (χ0) is 21.0. The number of anilines is 1. The SMILES string of the molecule is CCS(=O)(=O)Nc1ccc(C(=O)N(C)Cc2nc(-c3ccc(C)cc3)no2)cc1. The summed E-state index contributed by atoms with van der Waals surface area (Å²) in [6.07, 6.45) is 0. The highest BCUT2D eigenvalue weighted by Gasteiger charge is 2.17. The maximum absolute atomic E-state index is 12.6. The maximum atomic E-state index is 12.6. The number of carbonyl (C=O) groups excluding carboxylic acids is 1. The summed E-state index contributed by atoms with van der Waals surface area (Å²) in [5, 5.41) is 3.97. The highest BCUT2D eigenvalue weighted by molar-refractivity contribution is 7.92. The highest BCUT2D eigenvalue weighted by Crippen LogP contribution is 2.18. The number of carbonyl (C=O) groups is 1. The van der Waals surface area contributed by atoms with Gasteiger partial charge in [0.1, 0.15) is 0 Å². The molecule has 0 aliphatic rings. The quantitative estimate of drug-likeness (QED) is 0.637. The molecule has 1 aromatic heterocycles. The molecule has 1 N–H and O–H groups in total. The second-order valence-corrected chi connectivity index (χ2v) is 8.63. The van der Waals surface area contributed by atoms with E-state index in [0.717, 1.165) is 11.1 Å². The van der Waals surface area contributed by atoms with Crippen LogP contribution in [0.2, 0.25) is 0 Å². The monoisotopic (exact) mass is 414 g/mol. The van der Waals surface area contributed by atoms with Gasteiger partial charge in [0.2, 0.25) is 21.7 Å². The molecule has 2 aromatic carbocycles. The average molecular weight is 414 g/mol. The molecule has 1 heterocycles. The summed E-state index contributed by atoms with van der Waals surface area (Å²) in [6, 6.07) is 14.0. The first-order valence-corrected chi connectivity index (χ1v) is 10.7. The van der Waals surface area contributed by atoms with Crippen molar-refractivity contribution in [2.75, 3.05) is 17.5 Å². The van der Waals surface area contributed by atoms with Crippen LogP contribution in [0.1, 0.15) is 28.7 Å². The topological polar surface area (TPSA) is 105 Å². The van der Waals surface area contributed by atoms with Gasteiger partial charge in [-0.15, -0.1) is 0 Å². The maximum Gasteiger partial charge on any atom is 0.254 e. The summed E-state index contributed by atoms with van der Waals surface area (Å²) < 4.78 is 30.9. The van der Waals surface area contributed by atoms with E-state index < -0.39 is 10.0 Å². The number of benzene rings is 2. The molecule has 3 aromatic rings. The first-order valence-electron chi connectivity index (χ1n) is 9.03. The second-order valence-electron chi connectivity index (χ2n) is 6.62. The fourth-order valence-electron chi connectivity index (χ4n) is 2.57. The summed E-state index contributed by atoms with van der Waals surface area (Å²) in [4.78, 5) is 18.4. The third-order valence-electron chi connectivity index (χ3n) is 4.28. The van der Waals surface area contributed by atoms with Crippen LogP contribution in [0, 0.1) is 6.92 Å². The molecule has 0 radical (unpaired) electrons. The van der Waals surface area contributed by atoms with Gasteiger partial charge in [-0.05, 0) is 38.1 Å². The van der Waals surface area contributed by atoms with Crippen molar-refractivity contribution >= 4 is 21.6 Å². The standard InChI is InChI=1S/C20H22N4O4S/c1-4-29(26,27)23-17-11-9-16(10-12-17)20(25)24(3)13-18-21-19(22-28-18)15-7-5-14(2)6-8-15/h5-12,23H,4,13H2,1-3H3. The smallest absolute Gasteiger partial charge is 0.254 e. The molecular weight excluding hydrogens is 392 g/mol. The van der Waals surface area contributed by atoms with E-state index in [-0.39, 0.29) is 18.2 Å². The van der Waals surface area contributed by atoms with Crippen molar-refractivity contribution < 1.29 is 17.7 Å². The van der Waals surface area contributed by atoms with Crippen LogP contribution in [0.5, 0.6) is 0 Å². The van der Waals surface area contributed by atoms with Crippen molar-refractivity contribution in [1.82, 2.24) is 15.0 Å². The van der Waals surface area contributed by atoms with Gasteiger partial charge in [-0.1, -0.05) is 35.0 Å². The molecule has 0 aliphatic heterocycles. The van der Waals surface area contributed by atoms with Gasteiger partial charge in [0, 0.05) is 23.9 Å².